The van der Waals surface area contributed by atoms with Crippen LogP contribution in [0, 0.1) is 18.8 Å². The highest BCUT2D eigenvalue weighted by Crippen LogP contribution is 2.31. The number of ether oxygens (including phenoxy) is 1. The predicted octanol–water partition coefficient (Wildman–Crippen LogP) is 3.69. The third kappa shape index (κ3) is 4.14. The summed E-state index contributed by atoms with van der Waals surface area (Å²) < 4.78 is 7.96. The Morgan fingerprint density at radius 3 is 2.75 bits per heavy atom. The van der Waals surface area contributed by atoms with Gasteiger partial charge in [-0.25, -0.2) is 9.97 Å². The average molecular weight is 397 g/mol. The minimum atomic E-state index is 0. The van der Waals surface area contributed by atoms with Crippen LogP contribution in [-0.4, -0.2) is 27.7 Å². The van der Waals surface area contributed by atoms with Crippen molar-refractivity contribution in [3.63, 3.8) is 0 Å². The molecule has 3 aromatic rings. The highest BCUT2D eigenvalue weighted by Gasteiger charge is 2.21. The molecule has 1 aromatic carbocycles. The second-order valence-electron chi connectivity index (χ2n) is 6.86. The van der Waals surface area contributed by atoms with E-state index in [9.17, 15) is 0 Å². The smallest absolute Gasteiger partial charge is 0.151 e. The molecular weight excluding hydrogens is 372 g/mol. The van der Waals surface area contributed by atoms with E-state index in [-0.39, 0.29) is 12.4 Å². The zero-order valence-electron chi connectivity index (χ0n) is 16.1. The van der Waals surface area contributed by atoms with Crippen LogP contribution in [0.5, 0.6) is 0 Å². The zero-order valence-corrected chi connectivity index (χ0v) is 16.9. The lowest BCUT2D eigenvalue weighted by Gasteiger charge is -2.18. The van der Waals surface area contributed by atoms with Crippen molar-refractivity contribution in [1.29, 1.82) is 0 Å². The van der Waals surface area contributed by atoms with E-state index in [0.717, 1.165) is 47.5 Å². The first-order valence-electron chi connectivity index (χ1n) is 9.50. The van der Waals surface area contributed by atoms with Crippen molar-refractivity contribution in [3.8, 4) is 11.8 Å². The number of halogens is 1. The van der Waals surface area contributed by atoms with Crippen LogP contribution < -0.4 is 5.73 Å². The van der Waals surface area contributed by atoms with Gasteiger partial charge in [-0.1, -0.05) is 30.0 Å². The van der Waals surface area contributed by atoms with E-state index in [4.69, 9.17) is 10.5 Å². The normalized spacial score (nSPS) is 12.8. The van der Waals surface area contributed by atoms with Crippen LogP contribution >= 0.6 is 12.4 Å². The van der Waals surface area contributed by atoms with Crippen molar-refractivity contribution >= 4 is 29.3 Å². The first-order chi connectivity index (χ1) is 13.2. The Morgan fingerprint density at radius 1 is 1.14 bits per heavy atom. The van der Waals surface area contributed by atoms with Gasteiger partial charge in [-0.2, -0.15) is 0 Å². The number of hydrogen-bond donors (Lipinski definition) is 1. The maximum Gasteiger partial charge on any atom is 0.151 e. The van der Waals surface area contributed by atoms with Crippen molar-refractivity contribution in [1.82, 2.24) is 14.5 Å². The molecule has 2 aromatic heterocycles. The number of nitrogens with two attached hydrogens (primary N) is 1. The van der Waals surface area contributed by atoms with E-state index in [2.05, 4.69) is 26.4 Å². The fraction of sp³-hybridized carbons (Fsp3) is 0.364. The van der Waals surface area contributed by atoms with Gasteiger partial charge < -0.3 is 15.0 Å². The Hall–Kier alpha value is -2.55. The summed E-state index contributed by atoms with van der Waals surface area (Å²) in [6.45, 7) is 3.77. The maximum atomic E-state index is 6.18. The topological polar surface area (TPSA) is 66.0 Å². The highest BCUT2D eigenvalue weighted by molar-refractivity contribution is 5.89. The molecule has 146 valence electrons. The third-order valence-electron chi connectivity index (χ3n) is 5.02. The van der Waals surface area contributed by atoms with Crippen LogP contribution in [0.25, 0.3) is 11.0 Å². The molecular formula is C22H25ClN4O. The molecule has 0 unspecified atom stereocenters. The van der Waals surface area contributed by atoms with Crippen molar-refractivity contribution in [2.75, 3.05) is 18.9 Å². The van der Waals surface area contributed by atoms with Crippen LogP contribution in [0.2, 0.25) is 0 Å². The summed E-state index contributed by atoms with van der Waals surface area (Å²) in [6, 6.07) is 9.95. The molecule has 0 radical (unpaired) electrons. The average Bonchev–Trinajstić information content (AvgIpc) is 3.03. The lowest BCUT2D eigenvalue weighted by Crippen LogP contribution is -2.13. The van der Waals surface area contributed by atoms with E-state index in [1.807, 2.05) is 37.3 Å². The Labute approximate surface area is 171 Å². The summed E-state index contributed by atoms with van der Waals surface area (Å²) >= 11 is 0. The number of hydrogen-bond acceptors (Lipinski definition) is 4. The minimum Gasteiger partial charge on any atom is -0.382 e. The molecule has 0 bridgehead atoms. The molecule has 1 aliphatic carbocycles. The number of benzene rings is 1. The summed E-state index contributed by atoms with van der Waals surface area (Å²) in [5.74, 6) is 7.67. The summed E-state index contributed by atoms with van der Waals surface area (Å²) in [6.07, 6.45) is 4.43. The Morgan fingerprint density at radius 2 is 1.93 bits per heavy atom. The van der Waals surface area contributed by atoms with Crippen molar-refractivity contribution in [2.45, 2.75) is 39.2 Å². The summed E-state index contributed by atoms with van der Waals surface area (Å²) in [7, 11) is 0. The number of fused-ring (bicyclic) bond motifs is 3. The first-order valence-corrected chi connectivity index (χ1v) is 9.50. The number of pyridine rings is 1. The molecule has 4 rings (SSSR count). The fourth-order valence-corrected chi connectivity index (χ4v) is 3.73. The molecule has 0 saturated heterocycles. The largest absolute Gasteiger partial charge is 0.382 e. The van der Waals surface area contributed by atoms with Crippen LogP contribution in [0.4, 0.5) is 5.82 Å². The monoisotopic (exact) mass is 396 g/mol. The number of imidazole rings is 1. The predicted molar refractivity (Wildman–Crippen MR) is 115 cm³/mol. The van der Waals surface area contributed by atoms with Crippen LogP contribution in [0.1, 0.15) is 35.5 Å². The van der Waals surface area contributed by atoms with Gasteiger partial charge in [0, 0.05) is 17.8 Å². The van der Waals surface area contributed by atoms with Gasteiger partial charge in [0.1, 0.15) is 17.9 Å². The van der Waals surface area contributed by atoms with Gasteiger partial charge in [0.15, 0.2) is 5.82 Å². The van der Waals surface area contributed by atoms with E-state index >= 15 is 0 Å². The maximum absolute atomic E-state index is 6.18. The summed E-state index contributed by atoms with van der Waals surface area (Å²) in [5, 5.41) is 0. The van der Waals surface area contributed by atoms with Gasteiger partial charge in [0.25, 0.3) is 0 Å². The standard InChI is InChI=1S/C22H24N4O.ClH/c1-16-24-20-21(18-11-5-6-12-19(18)25-22(20)23)26(16)13-15-27-14-7-10-17-8-3-2-4-9-17;/h2-4,8-9H,5-6,11-15H2,1H3,(H2,23,25);1H. The number of anilines is 1. The molecule has 28 heavy (non-hydrogen) atoms. The van der Waals surface area contributed by atoms with Crippen LogP contribution in [-0.2, 0) is 24.1 Å². The van der Waals surface area contributed by atoms with Gasteiger partial charge in [0.2, 0.25) is 0 Å². The highest BCUT2D eigenvalue weighted by atomic mass is 35.5. The van der Waals surface area contributed by atoms with E-state index < -0.39 is 0 Å². The lowest BCUT2D eigenvalue weighted by atomic mass is 9.95. The summed E-state index contributed by atoms with van der Waals surface area (Å²) in [5.41, 5.74) is 11.6. The quantitative estimate of drug-likeness (QED) is 0.539. The number of aromatic nitrogens is 3. The van der Waals surface area contributed by atoms with E-state index in [0.29, 0.717) is 19.0 Å². The lowest BCUT2D eigenvalue weighted by molar-refractivity contribution is 0.158. The van der Waals surface area contributed by atoms with Crippen LogP contribution in [0.3, 0.4) is 0 Å². The van der Waals surface area contributed by atoms with Gasteiger partial charge >= 0.3 is 0 Å². The van der Waals surface area contributed by atoms with Gasteiger partial charge in [0.05, 0.1) is 12.1 Å². The van der Waals surface area contributed by atoms with Crippen molar-refractivity contribution in [3.05, 3.63) is 53.0 Å². The molecule has 2 heterocycles. The van der Waals surface area contributed by atoms with E-state index in [1.54, 1.807) is 0 Å². The molecule has 0 fully saturated rings. The number of aryl methyl sites for hydroxylation is 3. The molecule has 2 N–H and O–H groups in total. The molecule has 0 atom stereocenters. The summed E-state index contributed by atoms with van der Waals surface area (Å²) in [4.78, 5) is 9.27. The third-order valence-corrected chi connectivity index (χ3v) is 5.02. The number of nitrogen functional groups attached to an aromatic ring is 1. The van der Waals surface area contributed by atoms with Gasteiger partial charge in [-0.15, -0.1) is 12.4 Å². The molecule has 0 spiro atoms. The first kappa shape index (κ1) is 20.2. The molecule has 0 aliphatic heterocycles. The SMILES string of the molecule is Cc1nc2c(N)nc3c(c2n1CCOCC#Cc1ccccc1)CCCC3.Cl. The Bertz CT molecular complexity index is 1020. The van der Waals surface area contributed by atoms with Gasteiger partial charge in [-0.05, 0) is 50.3 Å². The van der Waals surface area contributed by atoms with Crippen molar-refractivity contribution in [2.24, 2.45) is 0 Å². The molecule has 5 nitrogen and oxygen atoms in total. The minimum absolute atomic E-state index is 0. The molecule has 1 aliphatic rings. The molecule has 0 amide bonds. The van der Waals surface area contributed by atoms with Gasteiger partial charge in [-0.3, -0.25) is 0 Å². The molecule has 6 heteroatoms. The Kier molecular flexibility index (Phi) is 6.56. The molecule has 0 saturated carbocycles. The zero-order chi connectivity index (χ0) is 18.6. The van der Waals surface area contributed by atoms with E-state index in [1.165, 1.54) is 18.4 Å². The fourth-order valence-electron chi connectivity index (χ4n) is 3.73. The second-order valence-corrected chi connectivity index (χ2v) is 6.86. The number of rotatable bonds is 4. The van der Waals surface area contributed by atoms with Crippen LogP contribution in [0.15, 0.2) is 30.3 Å². The number of nitrogens with zero attached hydrogens (tertiary/aromatic N) is 3. The van der Waals surface area contributed by atoms with Crippen molar-refractivity contribution < 1.29 is 4.74 Å². The second kappa shape index (κ2) is 9.09. The Balaban J connectivity index is 0.00000225.